The summed E-state index contributed by atoms with van der Waals surface area (Å²) in [7, 11) is 0. The largest absolute Gasteiger partial charge is 0.174 e. The van der Waals surface area contributed by atoms with Crippen molar-refractivity contribution < 1.29 is 0 Å². The summed E-state index contributed by atoms with van der Waals surface area (Å²) in [5, 5.41) is 13.1. The van der Waals surface area contributed by atoms with E-state index in [1.807, 2.05) is 4.80 Å². The third-order valence-electron chi connectivity index (χ3n) is 6.29. The van der Waals surface area contributed by atoms with E-state index in [1.54, 1.807) is 0 Å². The van der Waals surface area contributed by atoms with Gasteiger partial charge in [0.1, 0.15) is 0 Å². The predicted octanol–water partition coefficient (Wildman–Crippen LogP) is 1.38. The van der Waals surface area contributed by atoms with Gasteiger partial charge in [0.05, 0.1) is 5.54 Å². The van der Waals surface area contributed by atoms with Crippen molar-refractivity contribution in [3.8, 4) is 0 Å². The molecule has 1 spiro atoms. The van der Waals surface area contributed by atoms with Crippen LogP contribution < -0.4 is 0 Å². The normalized spacial score (nSPS) is 54.9. The highest BCUT2D eigenvalue weighted by Crippen LogP contribution is 2.91. The summed E-state index contributed by atoms with van der Waals surface area (Å²) in [5.74, 6) is 3.95. The maximum absolute atomic E-state index is 4.59. The molecule has 16 heavy (non-hydrogen) atoms. The average Bonchev–Trinajstić information content (AvgIpc) is 2.62. The van der Waals surface area contributed by atoms with E-state index >= 15 is 0 Å². The monoisotopic (exact) mass is 216 g/mol. The van der Waals surface area contributed by atoms with Crippen molar-refractivity contribution in [3.05, 3.63) is 5.82 Å². The summed E-state index contributed by atoms with van der Waals surface area (Å²) in [5.41, 5.74) is 0.989. The van der Waals surface area contributed by atoms with Gasteiger partial charge in [-0.3, -0.25) is 0 Å². The third-order valence-corrected chi connectivity index (χ3v) is 6.29. The first-order chi connectivity index (χ1) is 7.81. The Labute approximate surface area is 94.4 Å². The van der Waals surface area contributed by atoms with E-state index < -0.39 is 0 Å². The van der Waals surface area contributed by atoms with E-state index in [0.717, 1.165) is 30.0 Å². The molecule has 4 fully saturated rings. The van der Waals surface area contributed by atoms with E-state index in [2.05, 4.69) is 22.3 Å². The van der Waals surface area contributed by atoms with Gasteiger partial charge in [-0.15, -0.1) is 10.2 Å². The Balaban J connectivity index is 1.59. The highest BCUT2D eigenvalue weighted by Gasteiger charge is 2.89. The lowest BCUT2D eigenvalue weighted by Crippen LogP contribution is -2.89. The van der Waals surface area contributed by atoms with Gasteiger partial charge in [-0.05, 0) is 48.7 Å². The summed E-state index contributed by atoms with van der Waals surface area (Å²) in [4.78, 5) is 2.00. The Kier molecular flexibility index (Phi) is 1.06. The minimum atomic E-state index is 0.323. The molecule has 4 aliphatic carbocycles. The number of hydrogen-bond donors (Lipinski definition) is 0. The van der Waals surface area contributed by atoms with Crippen LogP contribution >= 0.6 is 0 Å². The summed E-state index contributed by atoms with van der Waals surface area (Å²) in [6.45, 7) is 2.10. The molecule has 0 aromatic carbocycles. The lowest BCUT2D eigenvalue weighted by atomic mass is 9.15. The molecule has 1 heterocycles. The van der Waals surface area contributed by atoms with Crippen LogP contribution in [0.4, 0.5) is 0 Å². The summed E-state index contributed by atoms with van der Waals surface area (Å²) >= 11 is 0. The maximum atomic E-state index is 4.59. The molecule has 0 aliphatic heterocycles. The Morgan fingerprint density at radius 3 is 2.50 bits per heavy atom. The van der Waals surface area contributed by atoms with Crippen LogP contribution in [-0.2, 0) is 12.0 Å². The second-order valence-electron chi connectivity index (χ2n) is 6.28. The predicted molar refractivity (Wildman–Crippen MR) is 56.5 cm³/mol. The van der Waals surface area contributed by atoms with Gasteiger partial charge < -0.3 is 0 Å². The molecule has 0 radical (unpaired) electrons. The van der Waals surface area contributed by atoms with Gasteiger partial charge in [-0.2, -0.15) is 4.80 Å². The van der Waals surface area contributed by atoms with Crippen molar-refractivity contribution in [2.24, 2.45) is 23.2 Å². The molecule has 2 atom stereocenters. The lowest BCUT2D eigenvalue weighted by Gasteiger charge is -2.89. The van der Waals surface area contributed by atoms with Gasteiger partial charge in [0, 0.05) is 11.8 Å². The molecule has 0 N–H and O–H groups in total. The molecule has 0 amide bonds. The number of aryl methyl sites for hydroxylation is 1. The zero-order valence-electron chi connectivity index (χ0n) is 9.56. The van der Waals surface area contributed by atoms with Crippen molar-refractivity contribution in [2.75, 3.05) is 0 Å². The van der Waals surface area contributed by atoms with Crippen molar-refractivity contribution in [1.82, 2.24) is 20.2 Å². The van der Waals surface area contributed by atoms with Crippen LogP contribution in [0.5, 0.6) is 0 Å². The number of aromatic nitrogens is 4. The summed E-state index contributed by atoms with van der Waals surface area (Å²) < 4.78 is 0. The number of hydrogen-bond acceptors (Lipinski definition) is 3. The SMILES string of the molecule is CCc1nnn(C23CC4CC5CC(C2)C543)n1. The maximum Gasteiger partial charge on any atom is 0.174 e. The molecule has 1 aromatic rings. The van der Waals surface area contributed by atoms with Gasteiger partial charge in [0.25, 0.3) is 0 Å². The molecule has 1 aromatic heterocycles. The van der Waals surface area contributed by atoms with Crippen LogP contribution in [0.1, 0.15) is 38.4 Å². The molecule has 4 aliphatic rings. The average molecular weight is 216 g/mol. The fourth-order valence-corrected chi connectivity index (χ4v) is 5.78. The Morgan fingerprint density at radius 1 is 1.25 bits per heavy atom. The van der Waals surface area contributed by atoms with E-state index in [4.69, 9.17) is 0 Å². The Hall–Kier alpha value is -0.930. The summed E-state index contributed by atoms with van der Waals surface area (Å²) in [6.07, 6.45) is 6.56. The Bertz CT molecular complexity index is 465. The van der Waals surface area contributed by atoms with E-state index in [0.29, 0.717) is 11.0 Å². The molecule has 4 nitrogen and oxygen atoms in total. The van der Waals surface area contributed by atoms with Crippen LogP contribution in [0, 0.1) is 23.2 Å². The second-order valence-corrected chi connectivity index (χ2v) is 6.28. The first-order valence-corrected chi connectivity index (χ1v) is 6.60. The molecule has 2 unspecified atom stereocenters. The second kappa shape index (κ2) is 2.07. The van der Waals surface area contributed by atoms with Crippen LogP contribution in [0.25, 0.3) is 0 Å². The Morgan fingerprint density at radius 2 is 2.00 bits per heavy atom. The molecule has 4 heteroatoms. The lowest BCUT2D eigenvalue weighted by molar-refractivity contribution is -0.424. The molecule has 4 saturated carbocycles. The van der Waals surface area contributed by atoms with Crippen LogP contribution in [0.3, 0.4) is 0 Å². The van der Waals surface area contributed by atoms with Gasteiger partial charge >= 0.3 is 0 Å². The number of tetrazole rings is 1. The van der Waals surface area contributed by atoms with Gasteiger partial charge in [-0.25, -0.2) is 0 Å². The zero-order chi connectivity index (χ0) is 10.5. The number of rotatable bonds is 2. The van der Waals surface area contributed by atoms with Crippen LogP contribution in [0.15, 0.2) is 0 Å². The fourth-order valence-electron chi connectivity index (χ4n) is 5.78. The minimum Gasteiger partial charge on any atom is -0.157 e. The van der Waals surface area contributed by atoms with Gasteiger partial charge in [0.2, 0.25) is 0 Å². The van der Waals surface area contributed by atoms with E-state index in [1.165, 1.54) is 25.7 Å². The quantitative estimate of drug-likeness (QED) is 0.750. The number of nitrogens with zero attached hydrogens (tertiary/aromatic N) is 4. The fraction of sp³-hybridized carbons (Fsp3) is 0.917. The van der Waals surface area contributed by atoms with Crippen LogP contribution in [-0.4, -0.2) is 20.2 Å². The first kappa shape index (κ1) is 8.20. The molecule has 0 saturated heterocycles. The van der Waals surface area contributed by atoms with Crippen molar-refractivity contribution in [1.29, 1.82) is 0 Å². The van der Waals surface area contributed by atoms with Crippen molar-refractivity contribution >= 4 is 0 Å². The van der Waals surface area contributed by atoms with E-state index in [9.17, 15) is 0 Å². The van der Waals surface area contributed by atoms with Gasteiger partial charge in [-0.1, -0.05) is 6.92 Å². The molecular weight excluding hydrogens is 200 g/mol. The molecule has 5 rings (SSSR count). The van der Waals surface area contributed by atoms with E-state index in [-0.39, 0.29) is 0 Å². The topological polar surface area (TPSA) is 43.6 Å². The van der Waals surface area contributed by atoms with Crippen molar-refractivity contribution in [2.45, 2.75) is 44.6 Å². The molecule has 84 valence electrons. The highest BCUT2D eigenvalue weighted by molar-refractivity contribution is 5.36. The van der Waals surface area contributed by atoms with Crippen molar-refractivity contribution in [3.63, 3.8) is 0 Å². The third kappa shape index (κ3) is 0.511. The molecular formula is C12H16N4. The summed E-state index contributed by atoms with van der Waals surface area (Å²) in [6, 6.07) is 0. The zero-order valence-corrected chi connectivity index (χ0v) is 9.56. The van der Waals surface area contributed by atoms with Gasteiger partial charge in [0.15, 0.2) is 5.82 Å². The smallest absolute Gasteiger partial charge is 0.157 e. The minimum absolute atomic E-state index is 0.323. The highest BCUT2D eigenvalue weighted by atomic mass is 15.6. The first-order valence-electron chi connectivity index (χ1n) is 6.60. The molecule has 0 bridgehead atoms. The standard InChI is InChI=1S/C12H16N4/c1-2-10-13-15-16(14-10)11-5-8-3-7-4-9(6-11)12(7,8)11/h7-9H,2-6H2,1H3. The van der Waals surface area contributed by atoms with Crippen LogP contribution in [0.2, 0.25) is 0 Å².